The molecule has 0 bridgehead atoms. The van der Waals surface area contributed by atoms with Gasteiger partial charge in [-0.15, -0.1) is 0 Å². The summed E-state index contributed by atoms with van der Waals surface area (Å²) in [6.07, 6.45) is 1.12. The van der Waals surface area contributed by atoms with Crippen LogP contribution < -0.4 is 5.73 Å². The van der Waals surface area contributed by atoms with Crippen molar-refractivity contribution in [2.24, 2.45) is 5.73 Å². The molecule has 1 fully saturated rings. The third-order valence-electron chi connectivity index (χ3n) is 3.54. The maximum atomic E-state index is 13.7. The van der Waals surface area contributed by atoms with Gasteiger partial charge in [-0.05, 0) is 31.9 Å². The summed E-state index contributed by atoms with van der Waals surface area (Å²) in [7, 11) is -3.84. The van der Waals surface area contributed by atoms with Crippen molar-refractivity contribution in [2.45, 2.75) is 36.8 Å². The van der Waals surface area contributed by atoms with Gasteiger partial charge < -0.3 is 10.8 Å². The Balaban J connectivity index is 2.43. The molecule has 1 aliphatic rings. The monoisotopic (exact) mass is 302 g/mol. The molecule has 0 saturated carbocycles. The van der Waals surface area contributed by atoms with E-state index in [1.54, 1.807) is 6.92 Å². The van der Waals surface area contributed by atoms with Gasteiger partial charge in [0.25, 0.3) is 0 Å². The first-order valence-electron chi connectivity index (χ1n) is 6.48. The van der Waals surface area contributed by atoms with Crippen LogP contribution in [-0.4, -0.2) is 36.5 Å². The average molecular weight is 302 g/mol. The molecular weight excluding hydrogens is 283 g/mol. The molecule has 0 aromatic heterocycles. The Kier molecular flexibility index (Phi) is 4.15. The fourth-order valence-corrected chi connectivity index (χ4v) is 4.34. The first kappa shape index (κ1) is 15.4. The largest absolute Gasteiger partial charge is 0.389 e. The van der Waals surface area contributed by atoms with E-state index in [1.165, 1.54) is 22.5 Å². The lowest BCUT2D eigenvalue weighted by Crippen LogP contribution is -2.48. The van der Waals surface area contributed by atoms with Crippen molar-refractivity contribution in [3.05, 3.63) is 29.6 Å². The van der Waals surface area contributed by atoms with E-state index in [-0.39, 0.29) is 23.5 Å². The van der Waals surface area contributed by atoms with Crippen molar-refractivity contribution in [3.63, 3.8) is 0 Å². The van der Waals surface area contributed by atoms with E-state index < -0.39 is 21.4 Å². The molecule has 0 aliphatic carbocycles. The van der Waals surface area contributed by atoms with Crippen LogP contribution >= 0.6 is 0 Å². The van der Waals surface area contributed by atoms with Gasteiger partial charge in [-0.3, -0.25) is 0 Å². The molecule has 1 unspecified atom stereocenters. The van der Waals surface area contributed by atoms with Gasteiger partial charge >= 0.3 is 0 Å². The number of hydrogen-bond donors (Lipinski definition) is 2. The summed E-state index contributed by atoms with van der Waals surface area (Å²) in [5.41, 5.74) is 4.39. The molecule has 1 aliphatic heterocycles. The van der Waals surface area contributed by atoms with Gasteiger partial charge in [-0.25, -0.2) is 12.8 Å². The second kappa shape index (κ2) is 5.40. The van der Waals surface area contributed by atoms with E-state index in [0.717, 1.165) is 0 Å². The molecular formula is C13H19FN2O3S. The van der Waals surface area contributed by atoms with Gasteiger partial charge in [0, 0.05) is 25.2 Å². The molecule has 1 saturated heterocycles. The van der Waals surface area contributed by atoms with Crippen LogP contribution in [-0.2, 0) is 16.6 Å². The second-order valence-corrected chi connectivity index (χ2v) is 7.27. The number of β-amino-alcohol motifs (C(OH)–C–C–N with tert-alkyl or cyclic N) is 1. The Labute approximate surface area is 118 Å². The number of nitrogens with two attached hydrogens (primary N) is 1. The molecule has 0 spiro atoms. The van der Waals surface area contributed by atoms with Crippen molar-refractivity contribution in [3.8, 4) is 0 Å². The Morgan fingerprint density at radius 2 is 2.20 bits per heavy atom. The molecule has 1 atom stereocenters. The minimum absolute atomic E-state index is 0.00978. The van der Waals surface area contributed by atoms with Crippen LogP contribution in [0.5, 0.6) is 0 Å². The van der Waals surface area contributed by atoms with Gasteiger partial charge in [-0.2, -0.15) is 4.31 Å². The molecule has 20 heavy (non-hydrogen) atoms. The number of halogens is 1. The van der Waals surface area contributed by atoms with Gasteiger partial charge in [0.1, 0.15) is 5.82 Å². The Bertz CT molecular complexity index is 602. The van der Waals surface area contributed by atoms with Crippen LogP contribution in [0.15, 0.2) is 23.1 Å². The number of nitrogens with zero attached hydrogens (tertiary/aromatic N) is 1. The molecule has 7 heteroatoms. The molecule has 1 aromatic rings. The highest BCUT2D eigenvalue weighted by Gasteiger charge is 2.36. The number of aliphatic hydroxyl groups is 1. The van der Waals surface area contributed by atoms with Crippen LogP contribution in [0.2, 0.25) is 0 Å². The summed E-state index contributed by atoms with van der Waals surface area (Å²) in [6.45, 7) is 1.74. The van der Waals surface area contributed by atoms with Gasteiger partial charge in [-0.1, -0.05) is 6.07 Å². The molecule has 1 heterocycles. The number of benzene rings is 1. The maximum absolute atomic E-state index is 13.7. The quantitative estimate of drug-likeness (QED) is 0.866. The first-order valence-corrected chi connectivity index (χ1v) is 7.92. The van der Waals surface area contributed by atoms with Gasteiger partial charge in [0.05, 0.1) is 10.5 Å². The lowest BCUT2D eigenvalue weighted by molar-refractivity contribution is 0.00938. The molecule has 1 aromatic carbocycles. The molecule has 2 rings (SSSR count). The van der Waals surface area contributed by atoms with Gasteiger partial charge in [0.2, 0.25) is 10.0 Å². The lowest BCUT2D eigenvalue weighted by atomic mass is 9.97. The zero-order valence-electron chi connectivity index (χ0n) is 11.3. The Hall–Kier alpha value is -1.02. The van der Waals surface area contributed by atoms with Crippen molar-refractivity contribution in [1.82, 2.24) is 4.31 Å². The Morgan fingerprint density at radius 1 is 1.50 bits per heavy atom. The van der Waals surface area contributed by atoms with E-state index in [4.69, 9.17) is 5.73 Å². The summed E-state index contributed by atoms with van der Waals surface area (Å²) in [5, 5.41) is 10.0. The first-order chi connectivity index (χ1) is 9.28. The van der Waals surface area contributed by atoms with Crippen LogP contribution in [0.1, 0.15) is 25.3 Å². The fourth-order valence-electron chi connectivity index (χ4n) is 2.50. The average Bonchev–Trinajstić information content (AvgIpc) is 2.37. The van der Waals surface area contributed by atoms with Crippen LogP contribution in [0, 0.1) is 5.82 Å². The van der Waals surface area contributed by atoms with E-state index >= 15 is 0 Å². The second-order valence-electron chi connectivity index (χ2n) is 5.36. The van der Waals surface area contributed by atoms with Crippen LogP contribution in [0.4, 0.5) is 4.39 Å². The predicted octanol–water partition coefficient (Wildman–Crippen LogP) is 0.820. The molecule has 112 valence electrons. The van der Waals surface area contributed by atoms with Crippen LogP contribution in [0.25, 0.3) is 0 Å². The minimum atomic E-state index is -3.84. The third kappa shape index (κ3) is 2.85. The van der Waals surface area contributed by atoms with Crippen molar-refractivity contribution in [2.75, 3.05) is 13.1 Å². The number of hydrogen-bond acceptors (Lipinski definition) is 4. The summed E-state index contributed by atoms with van der Waals surface area (Å²) in [6, 6.07) is 3.89. The van der Waals surface area contributed by atoms with Crippen molar-refractivity contribution < 1.29 is 17.9 Å². The standard InChI is InChI=1S/C13H19FN2O3S/c1-13(17)6-3-7-16(9-13)20(18,19)12-5-2-4-11(14)10(12)8-15/h2,4-5,17H,3,6-9,15H2,1H3. The highest BCUT2D eigenvalue weighted by molar-refractivity contribution is 7.89. The van der Waals surface area contributed by atoms with Crippen molar-refractivity contribution >= 4 is 10.0 Å². The highest BCUT2D eigenvalue weighted by atomic mass is 32.2. The van der Waals surface area contributed by atoms with E-state index in [2.05, 4.69) is 0 Å². The highest BCUT2D eigenvalue weighted by Crippen LogP contribution is 2.28. The minimum Gasteiger partial charge on any atom is -0.389 e. The smallest absolute Gasteiger partial charge is 0.243 e. The SMILES string of the molecule is CC1(O)CCCN(S(=O)(=O)c2cccc(F)c2CN)C1. The van der Waals surface area contributed by atoms with Crippen LogP contribution in [0.3, 0.4) is 0 Å². The van der Waals surface area contributed by atoms with Crippen molar-refractivity contribution in [1.29, 1.82) is 0 Å². The van der Waals surface area contributed by atoms with E-state index in [0.29, 0.717) is 19.4 Å². The third-order valence-corrected chi connectivity index (χ3v) is 5.47. The van der Waals surface area contributed by atoms with E-state index in [1.807, 2.05) is 0 Å². The molecule has 5 nitrogen and oxygen atoms in total. The topological polar surface area (TPSA) is 83.6 Å². The fraction of sp³-hybridized carbons (Fsp3) is 0.538. The molecule has 0 amide bonds. The normalized spacial score (nSPS) is 24.8. The number of sulfonamides is 1. The number of piperidine rings is 1. The predicted molar refractivity (Wildman–Crippen MR) is 72.9 cm³/mol. The molecule has 0 radical (unpaired) electrons. The Morgan fingerprint density at radius 3 is 2.80 bits per heavy atom. The van der Waals surface area contributed by atoms with E-state index in [9.17, 15) is 17.9 Å². The zero-order chi connectivity index (χ0) is 15.0. The van der Waals surface area contributed by atoms with Gasteiger partial charge in [0.15, 0.2) is 0 Å². The summed E-state index contributed by atoms with van der Waals surface area (Å²) in [5.74, 6) is -0.627. The summed E-state index contributed by atoms with van der Waals surface area (Å²) >= 11 is 0. The molecule has 3 N–H and O–H groups in total. The summed E-state index contributed by atoms with van der Waals surface area (Å²) in [4.78, 5) is -0.113. The summed E-state index contributed by atoms with van der Waals surface area (Å²) < 4.78 is 40.1. The zero-order valence-corrected chi connectivity index (χ0v) is 12.2. The number of rotatable bonds is 3. The lowest BCUT2D eigenvalue weighted by Gasteiger charge is -2.36. The maximum Gasteiger partial charge on any atom is 0.243 e.